The minimum Gasteiger partial charge on any atom is -0.353 e. The highest BCUT2D eigenvalue weighted by Gasteiger charge is 2.34. The fourth-order valence-corrected chi connectivity index (χ4v) is 5.97. The number of likely N-dealkylation sites (tertiary alicyclic amines) is 1. The zero-order valence-corrected chi connectivity index (χ0v) is 24.0. The highest BCUT2D eigenvalue weighted by molar-refractivity contribution is 6.33. The quantitative estimate of drug-likeness (QED) is 0.421. The zero-order valence-electron chi connectivity index (χ0n) is 22.5. The van der Waals surface area contributed by atoms with Crippen LogP contribution in [0, 0.1) is 5.82 Å². The first-order valence-electron chi connectivity index (χ1n) is 13.6. The molecular formula is C28H43Cl2FN6O. The van der Waals surface area contributed by atoms with Crippen LogP contribution in [0.1, 0.15) is 54.0 Å². The van der Waals surface area contributed by atoms with Gasteiger partial charge < -0.3 is 15.5 Å². The van der Waals surface area contributed by atoms with E-state index >= 15 is 0 Å². The number of piperazine rings is 1. The molecule has 2 aliphatic heterocycles. The Hall–Kier alpha value is -2.13. The molecule has 2 fully saturated rings. The van der Waals surface area contributed by atoms with E-state index in [0.29, 0.717) is 40.8 Å². The number of aromatic nitrogens is 1. The number of benzene rings is 1. The number of halogens is 3. The van der Waals surface area contributed by atoms with E-state index in [1.54, 1.807) is 18.3 Å². The molecule has 38 heavy (non-hydrogen) atoms. The van der Waals surface area contributed by atoms with Crippen LogP contribution in [0.4, 0.5) is 15.0 Å². The second-order valence-corrected chi connectivity index (χ2v) is 11.5. The van der Waals surface area contributed by atoms with Gasteiger partial charge in [-0.2, -0.15) is 0 Å². The molecular weight excluding hydrogens is 526 g/mol. The lowest BCUT2D eigenvalue weighted by molar-refractivity contribution is 0.0607. The normalized spacial score (nSPS) is 19.7. The second kappa shape index (κ2) is 13.3. The molecule has 1 atom stereocenters. The van der Waals surface area contributed by atoms with Crippen LogP contribution in [0.15, 0.2) is 30.5 Å². The molecule has 2 amide bonds. The first-order valence-corrected chi connectivity index (χ1v) is 14.3. The standard InChI is InChI=1S/C28H39Cl2FN6O.2H2/c1-4-23-18-36(27-25(30)13-20(15-32-27)16-33-28(38)34-19(2)3)11-12-37(23)24-7-9-35(10-8-24)17-21-5-6-22(29)14-26(21)31;;/h5-6,13-15,19,23-24H,4,7-12,16-18H2,1-3H3,(H2,33,34,38);2*1H/t23-;;/m0../s1. The zero-order chi connectivity index (χ0) is 27.2. The molecule has 0 bridgehead atoms. The summed E-state index contributed by atoms with van der Waals surface area (Å²) >= 11 is 12.6. The van der Waals surface area contributed by atoms with Crippen LogP contribution < -0.4 is 15.5 Å². The molecule has 3 heterocycles. The van der Waals surface area contributed by atoms with E-state index in [1.807, 2.05) is 19.9 Å². The van der Waals surface area contributed by atoms with Gasteiger partial charge in [-0.25, -0.2) is 14.2 Å². The molecule has 0 saturated carbocycles. The Labute approximate surface area is 238 Å². The van der Waals surface area contributed by atoms with E-state index < -0.39 is 0 Å². The molecule has 212 valence electrons. The Morgan fingerprint density at radius 2 is 1.95 bits per heavy atom. The average molecular weight is 570 g/mol. The maximum Gasteiger partial charge on any atom is 0.315 e. The van der Waals surface area contributed by atoms with Crippen molar-refractivity contribution in [2.75, 3.05) is 37.6 Å². The number of carbonyl (C=O) groups is 1. The second-order valence-electron chi connectivity index (χ2n) is 10.6. The summed E-state index contributed by atoms with van der Waals surface area (Å²) in [4.78, 5) is 23.8. The summed E-state index contributed by atoms with van der Waals surface area (Å²) in [7, 11) is 0. The van der Waals surface area contributed by atoms with Gasteiger partial charge >= 0.3 is 6.03 Å². The van der Waals surface area contributed by atoms with Gasteiger partial charge in [0.15, 0.2) is 0 Å². The summed E-state index contributed by atoms with van der Waals surface area (Å²) in [6.07, 6.45) is 5.01. The molecule has 0 unspecified atom stereocenters. The highest BCUT2D eigenvalue weighted by atomic mass is 35.5. The van der Waals surface area contributed by atoms with Crippen molar-refractivity contribution in [1.82, 2.24) is 25.4 Å². The molecule has 4 rings (SSSR count). The fraction of sp³-hybridized carbons (Fsp3) is 0.571. The number of piperidine rings is 1. The molecule has 0 radical (unpaired) electrons. The summed E-state index contributed by atoms with van der Waals surface area (Å²) in [6.45, 7) is 11.7. The molecule has 0 spiro atoms. The van der Waals surface area contributed by atoms with Gasteiger partial charge in [-0.1, -0.05) is 36.2 Å². The van der Waals surface area contributed by atoms with Gasteiger partial charge in [0.2, 0.25) is 0 Å². The van der Waals surface area contributed by atoms with E-state index in [2.05, 4.69) is 37.2 Å². The number of urea groups is 1. The van der Waals surface area contributed by atoms with Crippen molar-refractivity contribution >= 4 is 35.1 Å². The van der Waals surface area contributed by atoms with Crippen LogP contribution in [0.5, 0.6) is 0 Å². The molecule has 2 aliphatic rings. The lowest BCUT2D eigenvalue weighted by atomic mass is 9.97. The fourth-order valence-electron chi connectivity index (χ4n) is 5.50. The Balaban J connectivity index is 0.00000280. The topological polar surface area (TPSA) is 63.7 Å². The summed E-state index contributed by atoms with van der Waals surface area (Å²) in [5, 5.41) is 6.70. The summed E-state index contributed by atoms with van der Waals surface area (Å²) < 4.78 is 14.3. The number of amides is 2. The van der Waals surface area contributed by atoms with E-state index in [4.69, 9.17) is 23.2 Å². The SMILES string of the molecule is CC[C@H]1CN(c2ncc(CNC(=O)NC(C)C)cc2Cl)CCN1C1CCN(Cc2ccc(Cl)cc2F)CC1.[HH].[HH]. The van der Waals surface area contributed by atoms with Gasteiger partial charge in [0.1, 0.15) is 11.6 Å². The minimum atomic E-state index is -0.227. The van der Waals surface area contributed by atoms with Gasteiger partial charge in [-0.15, -0.1) is 0 Å². The summed E-state index contributed by atoms with van der Waals surface area (Å²) in [5.74, 6) is 0.579. The van der Waals surface area contributed by atoms with Crippen molar-refractivity contribution in [3.05, 3.63) is 57.5 Å². The smallest absolute Gasteiger partial charge is 0.315 e. The van der Waals surface area contributed by atoms with Crippen LogP contribution >= 0.6 is 23.2 Å². The Morgan fingerprint density at radius 1 is 1.18 bits per heavy atom. The van der Waals surface area contributed by atoms with Gasteiger partial charge in [0, 0.05) is 70.5 Å². The average Bonchev–Trinajstić information content (AvgIpc) is 2.89. The van der Waals surface area contributed by atoms with Crippen molar-refractivity contribution in [1.29, 1.82) is 0 Å². The number of nitrogens with zero attached hydrogens (tertiary/aromatic N) is 4. The van der Waals surface area contributed by atoms with Crippen molar-refractivity contribution in [2.45, 2.75) is 71.2 Å². The third kappa shape index (κ3) is 7.50. The van der Waals surface area contributed by atoms with Gasteiger partial charge in [-0.05, 0) is 70.0 Å². The first kappa shape index (κ1) is 28.9. The van der Waals surface area contributed by atoms with Crippen LogP contribution in [0.3, 0.4) is 0 Å². The van der Waals surface area contributed by atoms with Gasteiger partial charge in [0.05, 0.1) is 5.02 Å². The van der Waals surface area contributed by atoms with Crippen molar-refractivity contribution < 1.29 is 12.0 Å². The number of hydrogen-bond acceptors (Lipinski definition) is 5. The van der Waals surface area contributed by atoms with E-state index in [-0.39, 0.29) is 20.7 Å². The Bertz CT molecular complexity index is 1110. The predicted octanol–water partition coefficient (Wildman–Crippen LogP) is 5.79. The lowest BCUT2D eigenvalue weighted by Crippen LogP contribution is -2.58. The Morgan fingerprint density at radius 3 is 2.61 bits per heavy atom. The van der Waals surface area contributed by atoms with Crippen LogP contribution in [0.2, 0.25) is 10.0 Å². The first-order chi connectivity index (χ1) is 18.2. The van der Waals surface area contributed by atoms with Crippen LogP contribution in [0.25, 0.3) is 0 Å². The summed E-state index contributed by atoms with van der Waals surface area (Å²) in [5.41, 5.74) is 1.58. The number of nitrogens with one attached hydrogen (secondary N) is 2. The van der Waals surface area contributed by atoms with Gasteiger partial charge in [-0.3, -0.25) is 9.80 Å². The van der Waals surface area contributed by atoms with Crippen LogP contribution in [-0.4, -0.2) is 71.7 Å². The van der Waals surface area contributed by atoms with Crippen molar-refractivity contribution in [2.24, 2.45) is 0 Å². The lowest BCUT2D eigenvalue weighted by Gasteiger charge is -2.47. The molecule has 0 aliphatic carbocycles. The number of pyridine rings is 1. The maximum atomic E-state index is 14.3. The number of hydrogen-bond donors (Lipinski definition) is 2. The highest BCUT2D eigenvalue weighted by Crippen LogP contribution is 2.30. The Kier molecular flexibility index (Phi) is 10.1. The number of anilines is 1. The maximum absolute atomic E-state index is 14.3. The molecule has 1 aromatic heterocycles. The third-order valence-electron chi connectivity index (χ3n) is 7.49. The molecule has 2 saturated heterocycles. The molecule has 1 aromatic carbocycles. The molecule has 7 nitrogen and oxygen atoms in total. The number of carbonyl (C=O) groups excluding carboxylic acids is 1. The predicted molar refractivity (Wildman–Crippen MR) is 157 cm³/mol. The largest absolute Gasteiger partial charge is 0.353 e. The van der Waals surface area contributed by atoms with Crippen molar-refractivity contribution in [3.8, 4) is 0 Å². The van der Waals surface area contributed by atoms with E-state index in [9.17, 15) is 9.18 Å². The summed E-state index contributed by atoms with van der Waals surface area (Å²) in [6, 6.07) is 7.67. The van der Waals surface area contributed by atoms with E-state index in [1.165, 1.54) is 6.07 Å². The monoisotopic (exact) mass is 568 g/mol. The minimum absolute atomic E-state index is 0. The number of rotatable bonds is 8. The molecule has 10 heteroatoms. The van der Waals surface area contributed by atoms with Crippen LogP contribution in [-0.2, 0) is 13.1 Å². The molecule has 2 aromatic rings. The van der Waals surface area contributed by atoms with E-state index in [0.717, 1.165) is 63.4 Å². The third-order valence-corrected chi connectivity index (χ3v) is 8.00. The molecule has 2 N–H and O–H groups in total. The van der Waals surface area contributed by atoms with Gasteiger partial charge in [0.25, 0.3) is 0 Å². The van der Waals surface area contributed by atoms with Crippen molar-refractivity contribution in [3.63, 3.8) is 0 Å².